The summed E-state index contributed by atoms with van der Waals surface area (Å²) >= 11 is 0. The third kappa shape index (κ3) is 5.55. The number of esters is 1. The van der Waals surface area contributed by atoms with Crippen LogP contribution in [0.4, 0.5) is 4.79 Å². The topological polar surface area (TPSA) is 82.9 Å². The summed E-state index contributed by atoms with van der Waals surface area (Å²) in [6.45, 7) is 8.22. The number of likely N-dealkylation sites (tertiary alicyclic amines) is 1. The van der Waals surface area contributed by atoms with Crippen LogP contribution in [0, 0.1) is 0 Å². The van der Waals surface area contributed by atoms with Gasteiger partial charge < -0.3 is 23.7 Å². The Balaban J connectivity index is 1.92. The molecule has 1 amide bonds. The highest BCUT2D eigenvalue weighted by Crippen LogP contribution is 2.31. The Morgan fingerprint density at radius 1 is 1.23 bits per heavy atom. The molecule has 1 aliphatic rings. The highest BCUT2D eigenvalue weighted by Gasteiger charge is 2.31. The van der Waals surface area contributed by atoms with Gasteiger partial charge in [-0.3, -0.25) is 0 Å². The molecular weight excluding hydrogens is 398 g/mol. The fraction of sp³-hybridized carbons (Fsp3) is 0.609. The predicted molar refractivity (Wildman–Crippen MR) is 117 cm³/mol. The Morgan fingerprint density at radius 2 is 2.00 bits per heavy atom. The number of rotatable bonds is 6. The molecule has 2 aromatic rings. The summed E-state index contributed by atoms with van der Waals surface area (Å²) in [5.41, 5.74) is 1.69. The van der Waals surface area contributed by atoms with Gasteiger partial charge in [0.05, 0.1) is 23.7 Å². The van der Waals surface area contributed by atoms with Gasteiger partial charge in [-0.2, -0.15) is 0 Å². The maximum atomic E-state index is 12.6. The quantitative estimate of drug-likeness (QED) is 0.508. The summed E-state index contributed by atoms with van der Waals surface area (Å²) in [5.74, 6) is 0.654. The molecule has 1 saturated heterocycles. The number of amides is 1. The second kappa shape index (κ2) is 9.68. The first-order chi connectivity index (χ1) is 14.7. The molecule has 0 radical (unpaired) electrons. The highest BCUT2D eigenvalue weighted by atomic mass is 16.6. The first-order valence-corrected chi connectivity index (χ1v) is 10.8. The van der Waals surface area contributed by atoms with Gasteiger partial charge in [0.2, 0.25) is 0 Å². The first kappa shape index (κ1) is 23.1. The Kier molecular flexibility index (Phi) is 7.20. The lowest BCUT2D eigenvalue weighted by atomic mass is 9.97. The number of piperidine rings is 1. The van der Waals surface area contributed by atoms with Crippen LogP contribution in [-0.2, 0) is 20.8 Å². The molecule has 1 aromatic carbocycles. The van der Waals surface area contributed by atoms with E-state index in [1.807, 2.05) is 32.9 Å². The molecular formula is C23H33N3O5. The molecule has 1 aromatic heterocycles. The minimum Gasteiger partial charge on any atom is -0.465 e. The van der Waals surface area contributed by atoms with E-state index in [2.05, 4.69) is 4.57 Å². The van der Waals surface area contributed by atoms with Crippen molar-refractivity contribution in [3.05, 3.63) is 29.6 Å². The van der Waals surface area contributed by atoms with Crippen molar-refractivity contribution in [3.8, 4) is 0 Å². The van der Waals surface area contributed by atoms with E-state index >= 15 is 0 Å². The fourth-order valence-corrected chi connectivity index (χ4v) is 3.98. The Labute approximate surface area is 183 Å². The number of benzene rings is 1. The number of aryl methyl sites for hydroxylation is 1. The summed E-state index contributed by atoms with van der Waals surface area (Å²) in [6, 6.07) is 5.42. The number of fused-ring (bicyclic) bond motifs is 1. The van der Waals surface area contributed by atoms with E-state index in [0.29, 0.717) is 31.8 Å². The van der Waals surface area contributed by atoms with E-state index in [0.717, 1.165) is 36.1 Å². The second-order valence-corrected chi connectivity index (χ2v) is 8.93. The van der Waals surface area contributed by atoms with Crippen molar-refractivity contribution >= 4 is 23.1 Å². The van der Waals surface area contributed by atoms with Crippen LogP contribution in [-0.4, -0.2) is 66.0 Å². The number of imidazole rings is 1. The standard InChI is InChI=1S/C23H33N3O5/c1-23(2,3)31-22(28)25-11-6-8-17(15-25)20-24-18-10-9-16(21(27)30-5)14-19(18)26(20)12-7-13-29-4/h9-10,14,17H,6-8,11-13,15H2,1-5H3. The summed E-state index contributed by atoms with van der Waals surface area (Å²) < 4.78 is 17.8. The number of carbonyl (C=O) groups excluding carboxylic acids is 2. The van der Waals surface area contributed by atoms with Crippen LogP contribution < -0.4 is 0 Å². The molecule has 3 rings (SSSR count). The average Bonchev–Trinajstić information content (AvgIpc) is 3.10. The van der Waals surface area contributed by atoms with Crippen molar-refractivity contribution in [2.24, 2.45) is 0 Å². The summed E-state index contributed by atoms with van der Waals surface area (Å²) in [7, 11) is 3.06. The van der Waals surface area contributed by atoms with Crippen LogP contribution in [0.3, 0.4) is 0 Å². The van der Waals surface area contributed by atoms with Gasteiger partial charge in [-0.1, -0.05) is 0 Å². The van der Waals surface area contributed by atoms with Gasteiger partial charge in [-0.05, 0) is 58.2 Å². The molecule has 0 aliphatic carbocycles. The lowest BCUT2D eigenvalue weighted by Crippen LogP contribution is -2.42. The number of carbonyl (C=O) groups is 2. The van der Waals surface area contributed by atoms with Gasteiger partial charge >= 0.3 is 12.1 Å². The van der Waals surface area contributed by atoms with Crippen LogP contribution in [0.25, 0.3) is 11.0 Å². The third-order valence-corrected chi connectivity index (χ3v) is 5.37. The molecule has 0 bridgehead atoms. The molecule has 1 unspecified atom stereocenters. The molecule has 1 atom stereocenters. The smallest absolute Gasteiger partial charge is 0.410 e. The van der Waals surface area contributed by atoms with E-state index in [4.69, 9.17) is 19.2 Å². The van der Waals surface area contributed by atoms with Gasteiger partial charge in [-0.15, -0.1) is 0 Å². The van der Waals surface area contributed by atoms with Crippen LogP contribution in [0.1, 0.15) is 62.1 Å². The van der Waals surface area contributed by atoms with Gasteiger partial charge in [0, 0.05) is 39.3 Å². The van der Waals surface area contributed by atoms with Crippen molar-refractivity contribution in [1.29, 1.82) is 0 Å². The van der Waals surface area contributed by atoms with Crippen LogP contribution in [0.5, 0.6) is 0 Å². The maximum absolute atomic E-state index is 12.6. The molecule has 31 heavy (non-hydrogen) atoms. The van der Waals surface area contributed by atoms with Gasteiger partial charge in [0.1, 0.15) is 11.4 Å². The molecule has 2 heterocycles. The Morgan fingerprint density at radius 3 is 2.68 bits per heavy atom. The zero-order chi connectivity index (χ0) is 22.6. The molecule has 170 valence electrons. The van der Waals surface area contributed by atoms with Gasteiger partial charge in [0.25, 0.3) is 0 Å². The molecule has 1 aliphatic heterocycles. The van der Waals surface area contributed by atoms with Crippen molar-refractivity contribution in [1.82, 2.24) is 14.5 Å². The van der Waals surface area contributed by atoms with E-state index in [-0.39, 0.29) is 18.0 Å². The van der Waals surface area contributed by atoms with E-state index < -0.39 is 5.60 Å². The Hall–Kier alpha value is -2.61. The second-order valence-electron chi connectivity index (χ2n) is 8.93. The largest absolute Gasteiger partial charge is 0.465 e. The zero-order valence-electron chi connectivity index (χ0n) is 19.1. The molecule has 8 nitrogen and oxygen atoms in total. The minimum absolute atomic E-state index is 0.0952. The molecule has 1 fully saturated rings. The van der Waals surface area contributed by atoms with Crippen molar-refractivity contribution in [3.63, 3.8) is 0 Å². The predicted octanol–water partition coefficient (Wildman–Crippen LogP) is 3.97. The van der Waals surface area contributed by atoms with E-state index in [9.17, 15) is 9.59 Å². The first-order valence-electron chi connectivity index (χ1n) is 10.8. The third-order valence-electron chi connectivity index (χ3n) is 5.37. The number of aromatic nitrogens is 2. The summed E-state index contributed by atoms with van der Waals surface area (Å²) in [4.78, 5) is 31.3. The van der Waals surface area contributed by atoms with Crippen molar-refractivity contribution in [2.75, 3.05) is 33.9 Å². The van der Waals surface area contributed by atoms with Gasteiger partial charge in [0.15, 0.2) is 0 Å². The number of hydrogen-bond acceptors (Lipinski definition) is 6. The van der Waals surface area contributed by atoms with Gasteiger partial charge in [-0.25, -0.2) is 14.6 Å². The number of ether oxygens (including phenoxy) is 3. The monoisotopic (exact) mass is 431 g/mol. The average molecular weight is 432 g/mol. The summed E-state index contributed by atoms with van der Waals surface area (Å²) in [5, 5.41) is 0. The van der Waals surface area contributed by atoms with Crippen molar-refractivity contribution < 1.29 is 23.8 Å². The zero-order valence-corrected chi connectivity index (χ0v) is 19.1. The number of hydrogen-bond donors (Lipinski definition) is 0. The molecule has 0 spiro atoms. The summed E-state index contributed by atoms with van der Waals surface area (Å²) in [6.07, 6.45) is 2.36. The Bertz CT molecular complexity index is 931. The SMILES string of the molecule is COCCCn1c(C2CCCN(C(=O)OC(C)(C)C)C2)nc2ccc(C(=O)OC)cc21. The van der Waals surface area contributed by atoms with E-state index in [1.54, 1.807) is 18.1 Å². The lowest BCUT2D eigenvalue weighted by molar-refractivity contribution is 0.0194. The molecule has 0 N–H and O–H groups in total. The number of methoxy groups -OCH3 is 2. The minimum atomic E-state index is -0.526. The normalized spacial score (nSPS) is 17.1. The fourth-order valence-electron chi connectivity index (χ4n) is 3.98. The maximum Gasteiger partial charge on any atom is 0.410 e. The lowest BCUT2D eigenvalue weighted by Gasteiger charge is -2.34. The van der Waals surface area contributed by atoms with Crippen molar-refractivity contribution in [2.45, 2.75) is 58.1 Å². The van der Waals surface area contributed by atoms with Crippen LogP contribution in [0.15, 0.2) is 18.2 Å². The van der Waals surface area contributed by atoms with E-state index in [1.165, 1.54) is 7.11 Å². The highest BCUT2D eigenvalue weighted by molar-refractivity contribution is 5.93. The van der Waals surface area contributed by atoms with Crippen LogP contribution in [0.2, 0.25) is 0 Å². The molecule has 8 heteroatoms. The molecule has 0 saturated carbocycles. The van der Waals surface area contributed by atoms with Crippen LogP contribution >= 0.6 is 0 Å². The number of nitrogens with zero attached hydrogens (tertiary/aromatic N) is 3.